The molecular weight excluding hydrogens is 363 g/mol. The normalized spacial score (nSPS) is 10.6. The van der Waals surface area contributed by atoms with Crippen molar-refractivity contribution in [2.45, 2.75) is 19.4 Å². The molecule has 1 aromatic heterocycles. The molecule has 0 bridgehead atoms. The fourth-order valence-corrected chi connectivity index (χ4v) is 2.53. The number of esters is 1. The molecule has 128 valence electrons. The van der Waals surface area contributed by atoms with Crippen molar-refractivity contribution in [2.75, 3.05) is 0 Å². The van der Waals surface area contributed by atoms with E-state index in [1.165, 1.54) is 0 Å². The van der Waals surface area contributed by atoms with Crippen molar-refractivity contribution in [1.29, 1.82) is 0 Å². The first-order chi connectivity index (χ1) is 12.1. The highest BCUT2D eigenvalue weighted by Crippen LogP contribution is 2.20. The summed E-state index contributed by atoms with van der Waals surface area (Å²) >= 11 is 11.9. The Morgan fingerprint density at radius 2 is 1.80 bits per heavy atom. The highest BCUT2D eigenvalue weighted by Gasteiger charge is 2.11. The SMILES string of the molecule is O=C(CCc1ccccc1Cl)OCc1nnc(-c2ccc(Cl)cc2)o1. The number of ether oxygens (including phenoxy) is 1. The van der Waals surface area contributed by atoms with Gasteiger partial charge in [0.05, 0.1) is 0 Å². The van der Waals surface area contributed by atoms with Crippen LogP contribution in [0.25, 0.3) is 11.5 Å². The van der Waals surface area contributed by atoms with Gasteiger partial charge in [-0.1, -0.05) is 41.4 Å². The van der Waals surface area contributed by atoms with Crippen molar-refractivity contribution in [3.63, 3.8) is 0 Å². The van der Waals surface area contributed by atoms with Gasteiger partial charge in [-0.25, -0.2) is 0 Å². The second-order valence-corrected chi connectivity index (χ2v) is 6.10. The molecule has 0 N–H and O–H groups in total. The van der Waals surface area contributed by atoms with E-state index < -0.39 is 0 Å². The van der Waals surface area contributed by atoms with Crippen LogP contribution in [0.1, 0.15) is 17.9 Å². The summed E-state index contributed by atoms with van der Waals surface area (Å²) in [6.45, 7) is -0.0675. The summed E-state index contributed by atoms with van der Waals surface area (Å²) in [5.41, 5.74) is 1.65. The molecule has 1 heterocycles. The van der Waals surface area contributed by atoms with E-state index in [0.717, 1.165) is 11.1 Å². The molecule has 0 saturated heterocycles. The Kier molecular flexibility index (Phi) is 5.68. The van der Waals surface area contributed by atoms with Crippen molar-refractivity contribution in [3.8, 4) is 11.5 Å². The maximum atomic E-state index is 11.8. The molecule has 0 fully saturated rings. The van der Waals surface area contributed by atoms with E-state index in [9.17, 15) is 4.79 Å². The van der Waals surface area contributed by atoms with Crippen LogP contribution in [0.15, 0.2) is 52.9 Å². The molecule has 3 aromatic rings. The number of hydrogen-bond acceptors (Lipinski definition) is 5. The smallest absolute Gasteiger partial charge is 0.306 e. The van der Waals surface area contributed by atoms with Crippen LogP contribution in [0.2, 0.25) is 10.0 Å². The van der Waals surface area contributed by atoms with E-state index >= 15 is 0 Å². The topological polar surface area (TPSA) is 65.2 Å². The highest BCUT2D eigenvalue weighted by atomic mass is 35.5. The molecule has 0 radical (unpaired) electrons. The number of rotatable bonds is 6. The molecule has 25 heavy (non-hydrogen) atoms. The van der Waals surface area contributed by atoms with E-state index in [4.69, 9.17) is 32.4 Å². The molecule has 0 aliphatic carbocycles. The van der Waals surface area contributed by atoms with Gasteiger partial charge in [0.15, 0.2) is 6.61 Å². The number of carbonyl (C=O) groups excluding carboxylic acids is 1. The van der Waals surface area contributed by atoms with Gasteiger partial charge in [-0.3, -0.25) is 4.79 Å². The summed E-state index contributed by atoms with van der Waals surface area (Å²) in [5.74, 6) is 0.223. The van der Waals surface area contributed by atoms with Gasteiger partial charge in [-0.2, -0.15) is 0 Å². The lowest BCUT2D eigenvalue weighted by atomic mass is 10.1. The van der Waals surface area contributed by atoms with Crippen molar-refractivity contribution in [1.82, 2.24) is 10.2 Å². The first-order valence-corrected chi connectivity index (χ1v) is 8.35. The lowest BCUT2D eigenvalue weighted by Gasteiger charge is -2.04. The summed E-state index contributed by atoms with van der Waals surface area (Å²) in [7, 11) is 0. The van der Waals surface area contributed by atoms with Gasteiger partial charge in [0, 0.05) is 22.0 Å². The minimum Gasteiger partial charge on any atom is -0.456 e. The summed E-state index contributed by atoms with van der Waals surface area (Å²) in [5, 5.41) is 9.06. The zero-order valence-corrected chi connectivity index (χ0v) is 14.6. The fraction of sp³-hybridized carbons (Fsp3) is 0.167. The van der Waals surface area contributed by atoms with Crippen molar-refractivity contribution in [3.05, 3.63) is 70.0 Å². The van der Waals surface area contributed by atoms with Crippen molar-refractivity contribution < 1.29 is 13.9 Å². The summed E-state index contributed by atoms with van der Waals surface area (Å²) in [6.07, 6.45) is 0.736. The predicted octanol–water partition coefficient (Wildman–Crippen LogP) is 4.72. The molecule has 0 unspecified atom stereocenters. The molecule has 0 aliphatic rings. The molecule has 0 spiro atoms. The molecule has 0 aliphatic heterocycles. The Bertz CT molecular complexity index is 863. The third-order valence-electron chi connectivity index (χ3n) is 3.47. The van der Waals surface area contributed by atoms with Gasteiger partial charge < -0.3 is 9.15 Å². The molecule has 5 nitrogen and oxygen atoms in total. The molecule has 0 amide bonds. The molecule has 0 saturated carbocycles. The number of hydrogen-bond donors (Lipinski definition) is 0. The van der Waals surface area contributed by atoms with Crippen molar-refractivity contribution in [2.24, 2.45) is 0 Å². The molecule has 7 heteroatoms. The average molecular weight is 377 g/mol. The van der Waals surface area contributed by atoms with E-state index in [0.29, 0.717) is 22.4 Å². The van der Waals surface area contributed by atoms with Crippen LogP contribution in [-0.2, 0) is 22.6 Å². The van der Waals surface area contributed by atoms with Crippen LogP contribution in [0.4, 0.5) is 0 Å². The van der Waals surface area contributed by atoms with E-state index in [1.807, 2.05) is 18.2 Å². The Labute approximate surface area is 154 Å². The first kappa shape index (κ1) is 17.5. The fourth-order valence-electron chi connectivity index (χ4n) is 2.17. The number of halogens is 2. The van der Waals surface area contributed by atoms with Crippen LogP contribution in [0, 0.1) is 0 Å². The number of nitrogens with zero attached hydrogens (tertiary/aromatic N) is 2. The van der Waals surface area contributed by atoms with Crippen LogP contribution >= 0.6 is 23.2 Å². The monoisotopic (exact) mass is 376 g/mol. The summed E-state index contributed by atoms with van der Waals surface area (Å²) in [6, 6.07) is 14.4. The second-order valence-electron chi connectivity index (χ2n) is 5.26. The Morgan fingerprint density at radius 1 is 1.04 bits per heavy atom. The lowest BCUT2D eigenvalue weighted by molar-refractivity contribution is -0.145. The van der Waals surface area contributed by atoms with Gasteiger partial charge >= 0.3 is 5.97 Å². The lowest BCUT2D eigenvalue weighted by Crippen LogP contribution is -2.06. The van der Waals surface area contributed by atoms with Crippen LogP contribution in [0.5, 0.6) is 0 Å². The number of aromatic nitrogens is 2. The Balaban J connectivity index is 1.51. The second kappa shape index (κ2) is 8.14. The average Bonchev–Trinajstić information content (AvgIpc) is 3.09. The Hall–Kier alpha value is -2.37. The van der Waals surface area contributed by atoms with Gasteiger partial charge in [0.2, 0.25) is 5.89 Å². The van der Waals surface area contributed by atoms with E-state index in [1.54, 1.807) is 30.3 Å². The zero-order chi connectivity index (χ0) is 17.6. The van der Waals surface area contributed by atoms with Crippen LogP contribution in [0.3, 0.4) is 0 Å². The maximum absolute atomic E-state index is 11.8. The molecule has 3 rings (SSSR count). The summed E-state index contributed by atoms with van der Waals surface area (Å²) in [4.78, 5) is 11.8. The van der Waals surface area contributed by atoms with Crippen molar-refractivity contribution >= 4 is 29.2 Å². The number of benzene rings is 2. The van der Waals surface area contributed by atoms with Gasteiger partial charge in [-0.15, -0.1) is 10.2 Å². The van der Waals surface area contributed by atoms with E-state index in [-0.39, 0.29) is 24.9 Å². The first-order valence-electron chi connectivity index (χ1n) is 7.59. The van der Waals surface area contributed by atoms with Gasteiger partial charge in [-0.05, 0) is 42.3 Å². The minimum absolute atomic E-state index is 0.0675. The molecule has 2 aromatic carbocycles. The molecule has 0 atom stereocenters. The van der Waals surface area contributed by atoms with Gasteiger partial charge in [0.1, 0.15) is 0 Å². The summed E-state index contributed by atoms with van der Waals surface area (Å²) < 4.78 is 10.6. The van der Waals surface area contributed by atoms with Crippen LogP contribution < -0.4 is 0 Å². The van der Waals surface area contributed by atoms with E-state index in [2.05, 4.69) is 10.2 Å². The third-order valence-corrected chi connectivity index (χ3v) is 4.09. The minimum atomic E-state index is -0.355. The standard InChI is InChI=1S/C18H14Cl2N2O3/c19-14-8-5-13(6-9-14)18-22-21-16(25-18)11-24-17(23)10-7-12-3-1-2-4-15(12)20/h1-6,8-9H,7,10-11H2. The van der Waals surface area contributed by atoms with Gasteiger partial charge in [0.25, 0.3) is 5.89 Å². The molecular formula is C18H14Cl2N2O3. The quantitative estimate of drug-likeness (QED) is 0.582. The predicted molar refractivity (Wildman–Crippen MR) is 94.3 cm³/mol. The maximum Gasteiger partial charge on any atom is 0.306 e. The number of carbonyl (C=O) groups is 1. The Morgan fingerprint density at radius 3 is 2.56 bits per heavy atom. The zero-order valence-electron chi connectivity index (χ0n) is 13.1. The number of aryl methyl sites for hydroxylation is 1. The third kappa shape index (κ3) is 4.81. The van der Waals surface area contributed by atoms with Crippen LogP contribution in [-0.4, -0.2) is 16.2 Å². The largest absolute Gasteiger partial charge is 0.456 e. The highest BCUT2D eigenvalue weighted by molar-refractivity contribution is 6.31.